The molecule has 0 fully saturated rings. The fourth-order valence-corrected chi connectivity index (χ4v) is 2.97. The van der Waals surface area contributed by atoms with Gasteiger partial charge >= 0.3 is 0 Å². The smallest absolute Gasteiger partial charge is 0.252 e. The first-order valence-corrected chi connectivity index (χ1v) is 8.50. The van der Waals surface area contributed by atoms with Gasteiger partial charge < -0.3 is 4.90 Å². The van der Waals surface area contributed by atoms with Crippen LogP contribution in [0.25, 0.3) is 5.78 Å². The number of hydrogen-bond acceptors (Lipinski definition) is 4. The van der Waals surface area contributed by atoms with Gasteiger partial charge in [0.1, 0.15) is 5.82 Å². The van der Waals surface area contributed by atoms with Gasteiger partial charge in [0.25, 0.3) is 5.78 Å². The summed E-state index contributed by atoms with van der Waals surface area (Å²) in [4.78, 5) is 22.5. The van der Waals surface area contributed by atoms with Gasteiger partial charge in [-0.15, -0.1) is 5.10 Å². The minimum atomic E-state index is -0.344. The molecule has 0 aliphatic heterocycles. The number of benzene rings is 1. The van der Waals surface area contributed by atoms with Gasteiger partial charge in [0.15, 0.2) is 5.82 Å². The first-order valence-electron chi connectivity index (χ1n) is 7.71. The Morgan fingerprint density at radius 3 is 2.80 bits per heavy atom. The maximum absolute atomic E-state index is 13.8. The molecule has 0 saturated carbocycles. The van der Waals surface area contributed by atoms with Crippen LogP contribution in [-0.4, -0.2) is 37.4 Å². The molecule has 8 heteroatoms. The summed E-state index contributed by atoms with van der Waals surface area (Å²) in [5.41, 5.74) is 2.19. The van der Waals surface area contributed by atoms with Crippen molar-refractivity contribution in [3.63, 3.8) is 0 Å². The topological polar surface area (TPSA) is 63.4 Å². The van der Waals surface area contributed by atoms with Crippen molar-refractivity contribution in [3.05, 3.63) is 57.3 Å². The van der Waals surface area contributed by atoms with E-state index in [9.17, 15) is 9.18 Å². The number of hydrogen-bond donors (Lipinski definition) is 0. The van der Waals surface area contributed by atoms with Crippen molar-refractivity contribution in [1.29, 1.82) is 0 Å². The van der Waals surface area contributed by atoms with Crippen LogP contribution in [0, 0.1) is 19.7 Å². The summed E-state index contributed by atoms with van der Waals surface area (Å²) in [5.74, 6) is 0.336. The lowest BCUT2D eigenvalue weighted by molar-refractivity contribution is -0.129. The molecule has 3 aromatic rings. The molecule has 6 nitrogen and oxygen atoms in total. The summed E-state index contributed by atoms with van der Waals surface area (Å²) in [7, 11) is 1.63. The molecular weight excluding hydrogens is 389 g/mol. The van der Waals surface area contributed by atoms with Gasteiger partial charge in [0.2, 0.25) is 5.91 Å². The second-order valence-corrected chi connectivity index (χ2v) is 6.86. The van der Waals surface area contributed by atoms with Crippen molar-refractivity contribution in [2.45, 2.75) is 26.8 Å². The molecule has 0 unspecified atom stereocenters. The van der Waals surface area contributed by atoms with E-state index in [1.165, 1.54) is 11.0 Å². The molecule has 0 aliphatic carbocycles. The summed E-state index contributed by atoms with van der Waals surface area (Å²) in [6.45, 7) is 3.96. The lowest BCUT2D eigenvalue weighted by Gasteiger charge is -2.17. The van der Waals surface area contributed by atoms with Crippen LogP contribution < -0.4 is 0 Å². The average molecular weight is 406 g/mol. The van der Waals surface area contributed by atoms with E-state index in [1.807, 2.05) is 19.9 Å². The number of aryl methyl sites for hydroxylation is 2. The first kappa shape index (κ1) is 17.5. The Bertz CT molecular complexity index is 956. The number of carbonyl (C=O) groups is 1. The lowest BCUT2D eigenvalue weighted by Crippen LogP contribution is -2.28. The van der Waals surface area contributed by atoms with Crippen LogP contribution in [0.15, 0.2) is 28.7 Å². The van der Waals surface area contributed by atoms with Crippen LogP contribution in [0.5, 0.6) is 0 Å². The average Bonchev–Trinajstić information content (AvgIpc) is 2.93. The van der Waals surface area contributed by atoms with Crippen molar-refractivity contribution in [3.8, 4) is 0 Å². The fraction of sp³-hybridized carbons (Fsp3) is 0.294. The number of fused-ring (bicyclic) bond motifs is 1. The summed E-state index contributed by atoms with van der Waals surface area (Å²) in [6.07, 6.45) is 0.0357. The van der Waals surface area contributed by atoms with Gasteiger partial charge in [-0.05, 0) is 38.1 Å². The number of halogens is 2. The van der Waals surface area contributed by atoms with Gasteiger partial charge in [0.05, 0.1) is 6.42 Å². The second kappa shape index (κ2) is 6.87. The molecule has 130 valence electrons. The molecule has 2 aromatic heterocycles. The van der Waals surface area contributed by atoms with Crippen LogP contribution in [0.2, 0.25) is 0 Å². The van der Waals surface area contributed by atoms with Crippen LogP contribution in [-0.2, 0) is 17.8 Å². The normalized spacial score (nSPS) is 11.1. The molecule has 0 radical (unpaired) electrons. The standard InChI is InChI=1S/C17H17BrFN5O/c1-10-6-11(2)24-17(20-10)21-15(22-24)8-16(25)23(3)9-12-7-13(18)4-5-14(12)19/h4-7H,8-9H2,1-3H3. The second-order valence-electron chi connectivity index (χ2n) is 5.94. The predicted molar refractivity (Wildman–Crippen MR) is 94.5 cm³/mol. The zero-order valence-electron chi connectivity index (χ0n) is 14.1. The molecule has 3 rings (SSSR count). The third-order valence-electron chi connectivity index (χ3n) is 3.81. The van der Waals surface area contributed by atoms with Crippen LogP contribution in [0.4, 0.5) is 4.39 Å². The largest absolute Gasteiger partial charge is 0.341 e. The molecule has 0 saturated heterocycles. The van der Waals surface area contributed by atoms with Crippen LogP contribution in [0.3, 0.4) is 0 Å². The van der Waals surface area contributed by atoms with Gasteiger partial charge in [-0.25, -0.2) is 13.9 Å². The molecule has 0 bridgehead atoms. The Kier molecular flexibility index (Phi) is 4.80. The minimum Gasteiger partial charge on any atom is -0.341 e. The molecule has 0 atom stereocenters. The van der Waals surface area contributed by atoms with Gasteiger partial charge in [-0.2, -0.15) is 4.98 Å². The molecule has 1 aromatic carbocycles. The molecular formula is C17H17BrFN5O. The number of amides is 1. The van der Waals surface area contributed by atoms with E-state index in [4.69, 9.17) is 0 Å². The van der Waals surface area contributed by atoms with Gasteiger partial charge in [0, 0.05) is 35.0 Å². The third-order valence-corrected chi connectivity index (χ3v) is 4.31. The van der Waals surface area contributed by atoms with E-state index in [0.717, 1.165) is 15.9 Å². The Labute approximate surface area is 152 Å². The molecule has 2 heterocycles. The van der Waals surface area contributed by atoms with E-state index in [0.29, 0.717) is 17.2 Å². The Morgan fingerprint density at radius 2 is 2.04 bits per heavy atom. The monoisotopic (exact) mass is 405 g/mol. The number of nitrogens with zero attached hydrogens (tertiary/aromatic N) is 5. The number of rotatable bonds is 4. The third kappa shape index (κ3) is 3.84. The Hall–Kier alpha value is -2.35. The van der Waals surface area contributed by atoms with E-state index in [-0.39, 0.29) is 24.7 Å². The van der Waals surface area contributed by atoms with Gasteiger partial charge in [-0.1, -0.05) is 15.9 Å². The summed E-state index contributed by atoms with van der Waals surface area (Å²) < 4.78 is 16.2. The predicted octanol–water partition coefficient (Wildman–Crippen LogP) is 2.84. The number of likely N-dealkylation sites (N-methyl/N-ethyl adjacent to an activating group) is 1. The van der Waals surface area contributed by atoms with E-state index >= 15 is 0 Å². The van der Waals surface area contributed by atoms with Gasteiger partial charge in [-0.3, -0.25) is 4.79 Å². The molecule has 1 amide bonds. The van der Waals surface area contributed by atoms with Crippen molar-refractivity contribution in [2.24, 2.45) is 0 Å². The van der Waals surface area contributed by atoms with Crippen molar-refractivity contribution in [1.82, 2.24) is 24.5 Å². The Balaban J connectivity index is 1.75. The van der Waals surface area contributed by atoms with Crippen molar-refractivity contribution in [2.75, 3.05) is 7.05 Å². The quantitative estimate of drug-likeness (QED) is 0.669. The highest BCUT2D eigenvalue weighted by molar-refractivity contribution is 9.10. The van der Waals surface area contributed by atoms with Crippen molar-refractivity contribution >= 4 is 27.6 Å². The maximum Gasteiger partial charge on any atom is 0.252 e. The highest BCUT2D eigenvalue weighted by Gasteiger charge is 2.16. The lowest BCUT2D eigenvalue weighted by atomic mass is 10.2. The minimum absolute atomic E-state index is 0.0357. The zero-order valence-corrected chi connectivity index (χ0v) is 15.7. The first-order chi connectivity index (χ1) is 11.8. The summed E-state index contributed by atoms with van der Waals surface area (Å²) in [6, 6.07) is 6.56. The van der Waals surface area contributed by atoms with Crippen LogP contribution in [0.1, 0.15) is 22.8 Å². The zero-order chi connectivity index (χ0) is 18.1. The number of aromatic nitrogens is 4. The molecule has 0 spiro atoms. The highest BCUT2D eigenvalue weighted by atomic mass is 79.9. The summed E-state index contributed by atoms with van der Waals surface area (Å²) in [5, 5.41) is 4.33. The number of carbonyl (C=O) groups excluding carboxylic acids is 1. The highest BCUT2D eigenvalue weighted by Crippen LogP contribution is 2.17. The van der Waals surface area contributed by atoms with E-state index in [2.05, 4.69) is 31.0 Å². The van der Waals surface area contributed by atoms with E-state index in [1.54, 1.807) is 23.7 Å². The molecule has 0 aliphatic rings. The van der Waals surface area contributed by atoms with Crippen LogP contribution >= 0.6 is 15.9 Å². The molecule has 25 heavy (non-hydrogen) atoms. The Morgan fingerprint density at radius 1 is 1.28 bits per heavy atom. The SMILES string of the molecule is Cc1cc(C)n2nc(CC(=O)N(C)Cc3cc(Br)ccc3F)nc2n1. The van der Waals surface area contributed by atoms with E-state index < -0.39 is 0 Å². The molecule has 0 N–H and O–H groups in total. The summed E-state index contributed by atoms with van der Waals surface area (Å²) >= 11 is 3.31. The van der Waals surface area contributed by atoms with Crippen molar-refractivity contribution < 1.29 is 9.18 Å². The fourth-order valence-electron chi connectivity index (χ4n) is 2.56. The maximum atomic E-state index is 13.8.